The number of hydrogen-bond donors (Lipinski definition) is 3. The zero-order valence-electron chi connectivity index (χ0n) is 19.5. The van der Waals surface area contributed by atoms with Crippen molar-refractivity contribution in [2.45, 2.75) is 12.8 Å². The number of hydrogen-bond acceptors (Lipinski definition) is 6. The first-order chi connectivity index (χ1) is 16.7. The molecule has 7 heteroatoms. The summed E-state index contributed by atoms with van der Waals surface area (Å²) in [5, 5.41) is 19.8. The van der Waals surface area contributed by atoms with Gasteiger partial charge in [0, 0.05) is 37.1 Å². The standard InChI is InChI=1S/C21H25N7.C6H6/c1-28-15-19(14-27-28)18-11-20(21(23)26-13-18)25-9-2-8-24-10-7-16-3-5-17(12-22)6-4-16;1-2-4-6-5-3-1/h3-6,11,13-15,24-25H,2,7-10H2,1H3,(H2,23,26);1-6H. The molecule has 0 unspecified atom stereocenters. The van der Waals surface area contributed by atoms with E-state index in [1.807, 2.05) is 86.2 Å². The second kappa shape index (κ2) is 13.4. The molecule has 0 saturated carbocycles. The van der Waals surface area contributed by atoms with E-state index in [9.17, 15) is 0 Å². The molecule has 0 aliphatic carbocycles. The van der Waals surface area contributed by atoms with E-state index in [1.165, 1.54) is 5.56 Å². The Bertz CT molecular complexity index is 1140. The summed E-state index contributed by atoms with van der Waals surface area (Å²) in [6.45, 7) is 2.64. The van der Waals surface area contributed by atoms with Crippen LogP contribution in [-0.4, -0.2) is 34.4 Å². The molecule has 7 nitrogen and oxygen atoms in total. The SMILES string of the molecule is Cn1cc(-c2cnc(N)c(NCCCNCCc3ccc(C#N)cc3)c2)cn1.c1ccccc1. The summed E-state index contributed by atoms with van der Waals surface area (Å²) in [5.74, 6) is 0.501. The molecule has 0 saturated heterocycles. The lowest BCUT2D eigenvalue weighted by Crippen LogP contribution is -2.20. The summed E-state index contributed by atoms with van der Waals surface area (Å²) in [7, 11) is 1.89. The van der Waals surface area contributed by atoms with Crippen molar-refractivity contribution in [3.05, 3.63) is 96.4 Å². The summed E-state index contributed by atoms with van der Waals surface area (Å²) >= 11 is 0. The van der Waals surface area contributed by atoms with Crippen LogP contribution in [0.4, 0.5) is 11.5 Å². The summed E-state index contributed by atoms with van der Waals surface area (Å²) < 4.78 is 1.77. The Morgan fingerprint density at radius 2 is 1.65 bits per heavy atom. The van der Waals surface area contributed by atoms with E-state index in [2.05, 4.69) is 26.8 Å². The number of rotatable bonds is 9. The van der Waals surface area contributed by atoms with Crippen LogP contribution >= 0.6 is 0 Å². The minimum Gasteiger partial charge on any atom is -0.382 e. The van der Waals surface area contributed by atoms with Crippen LogP contribution in [0.1, 0.15) is 17.5 Å². The zero-order valence-corrected chi connectivity index (χ0v) is 19.5. The van der Waals surface area contributed by atoms with Gasteiger partial charge in [-0.2, -0.15) is 10.4 Å². The van der Waals surface area contributed by atoms with Crippen molar-refractivity contribution in [3.63, 3.8) is 0 Å². The lowest BCUT2D eigenvalue weighted by Gasteiger charge is -2.10. The third-order valence-corrected chi connectivity index (χ3v) is 5.14. The van der Waals surface area contributed by atoms with Gasteiger partial charge in [0.15, 0.2) is 0 Å². The average Bonchev–Trinajstić information content (AvgIpc) is 3.32. The highest BCUT2D eigenvalue weighted by Crippen LogP contribution is 2.24. The highest BCUT2D eigenvalue weighted by Gasteiger charge is 2.06. The smallest absolute Gasteiger partial charge is 0.146 e. The van der Waals surface area contributed by atoms with Crippen molar-refractivity contribution in [3.8, 4) is 17.2 Å². The molecule has 0 fully saturated rings. The average molecular weight is 454 g/mol. The Kier molecular flexibility index (Phi) is 9.66. The van der Waals surface area contributed by atoms with Crippen LogP contribution in [0.3, 0.4) is 0 Å². The molecular formula is C27H31N7. The van der Waals surface area contributed by atoms with Crippen molar-refractivity contribution in [2.24, 2.45) is 7.05 Å². The highest BCUT2D eigenvalue weighted by atomic mass is 15.2. The van der Waals surface area contributed by atoms with Crippen molar-refractivity contribution in [1.82, 2.24) is 20.1 Å². The molecule has 0 aliphatic rings. The van der Waals surface area contributed by atoms with E-state index in [1.54, 1.807) is 10.9 Å². The van der Waals surface area contributed by atoms with Gasteiger partial charge in [-0.3, -0.25) is 4.68 Å². The van der Waals surface area contributed by atoms with Gasteiger partial charge in [-0.25, -0.2) is 4.98 Å². The number of pyridine rings is 1. The molecule has 2 aromatic heterocycles. The number of aromatic nitrogens is 3. The number of nitrogens with two attached hydrogens (primary N) is 1. The number of aryl methyl sites for hydroxylation is 1. The molecular weight excluding hydrogens is 422 g/mol. The molecule has 0 aliphatic heterocycles. The van der Waals surface area contributed by atoms with Gasteiger partial charge in [-0.1, -0.05) is 48.5 Å². The Balaban J connectivity index is 0.000000469. The van der Waals surface area contributed by atoms with Crippen LogP contribution in [0, 0.1) is 11.3 Å². The van der Waals surface area contributed by atoms with Crippen LogP contribution in [0.2, 0.25) is 0 Å². The molecule has 0 radical (unpaired) electrons. The first kappa shape index (κ1) is 24.5. The fraction of sp³-hybridized carbons (Fsp3) is 0.222. The molecule has 174 valence electrons. The monoisotopic (exact) mass is 453 g/mol. The number of nitrogen functional groups attached to an aromatic ring is 1. The van der Waals surface area contributed by atoms with Crippen LogP contribution in [-0.2, 0) is 13.5 Å². The number of benzene rings is 2. The fourth-order valence-corrected chi connectivity index (χ4v) is 3.27. The molecule has 4 N–H and O–H groups in total. The van der Waals surface area contributed by atoms with Crippen molar-refractivity contribution >= 4 is 11.5 Å². The molecule has 0 spiro atoms. The third kappa shape index (κ3) is 8.08. The summed E-state index contributed by atoms with van der Waals surface area (Å²) in [5.41, 5.74) is 10.8. The molecule has 34 heavy (non-hydrogen) atoms. The maximum Gasteiger partial charge on any atom is 0.146 e. The Morgan fingerprint density at radius 1 is 0.941 bits per heavy atom. The van der Waals surface area contributed by atoms with E-state index in [0.29, 0.717) is 11.4 Å². The van der Waals surface area contributed by atoms with Crippen molar-refractivity contribution < 1.29 is 0 Å². The number of anilines is 2. The molecule has 4 aromatic rings. The van der Waals surface area contributed by atoms with E-state index in [0.717, 1.165) is 49.3 Å². The molecule has 2 heterocycles. The van der Waals surface area contributed by atoms with E-state index >= 15 is 0 Å². The molecule has 4 rings (SSSR count). The fourth-order valence-electron chi connectivity index (χ4n) is 3.27. The molecule has 2 aromatic carbocycles. The highest BCUT2D eigenvalue weighted by molar-refractivity contribution is 5.72. The van der Waals surface area contributed by atoms with Gasteiger partial charge in [0.2, 0.25) is 0 Å². The third-order valence-electron chi connectivity index (χ3n) is 5.14. The van der Waals surface area contributed by atoms with E-state index < -0.39 is 0 Å². The second-order valence-electron chi connectivity index (χ2n) is 7.80. The van der Waals surface area contributed by atoms with Gasteiger partial charge < -0.3 is 16.4 Å². The minimum absolute atomic E-state index is 0.501. The van der Waals surface area contributed by atoms with Gasteiger partial charge in [0.05, 0.1) is 23.5 Å². The van der Waals surface area contributed by atoms with Gasteiger partial charge in [-0.05, 0) is 49.7 Å². The van der Waals surface area contributed by atoms with Crippen molar-refractivity contribution in [2.75, 3.05) is 30.7 Å². The van der Waals surface area contributed by atoms with Crippen LogP contribution in [0.5, 0.6) is 0 Å². The normalized spacial score (nSPS) is 10.1. The largest absolute Gasteiger partial charge is 0.382 e. The first-order valence-corrected chi connectivity index (χ1v) is 11.3. The summed E-state index contributed by atoms with van der Waals surface area (Å²) in [6.07, 6.45) is 7.46. The summed E-state index contributed by atoms with van der Waals surface area (Å²) in [6, 6.07) is 23.9. The number of nitrogens with zero attached hydrogens (tertiary/aromatic N) is 4. The molecule has 0 amide bonds. The predicted octanol–water partition coefficient (Wildman–Crippen LogP) is 4.26. The van der Waals surface area contributed by atoms with Gasteiger partial charge >= 0.3 is 0 Å². The molecule has 0 bridgehead atoms. The van der Waals surface area contributed by atoms with Crippen LogP contribution in [0.25, 0.3) is 11.1 Å². The van der Waals surface area contributed by atoms with Gasteiger partial charge in [0.25, 0.3) is 0 Å². The quantitative estimate of drug-likeness (QED) is 0.327. The van der Waals surface area contributed by atoms with Gasteiger partial charge in [-0.15, -0.1) is 0 Å². The zero-order chi connectivity index (χ0) is 24.0. The minimum atomic E-state index is 0.501. The maximum absolute atomic E-state index is 8.81. The number of nitrogens with one attached hydrogen (secondary N) is 2. The Hall–Kier alpha value is -4.15. The predicted molar refractivity (Wildman–Crippen MR) is 138 cm³/mol. The van der Waals surface area contributed by atoms with Crippen molar-refractivity contribution in [1.29, 1.82) is 5.26 Å². The molecule has 0 atom stereocenters. The topological polar surface area (TPSA) is 105 Å². The number of nitriles is 1. The summed E-state index contributed by atoms with van der Waals surface area (Å²) in [4.78, 5) is 4.28. The van der Waals surface area contributed by atoms with Crippen LogP contribution < -0.4 is 16.4 Å². The van der Waals surface area contributed by atoms with Crippen LogP contribution in [0.15, 0.2) is 85.3 Å². The van der Waals surface area contributed by atoms with Gasteiger partial charge in [0.1, 0.15) is 5.82 Å². The maximum atomic E-state index is 8.81. The Morgan fingerprint density at radius 3 is 2.26 bits per heavy atom. The van der Waals surface area contributed by atoms with E-state index in [4.69, 9.17) is 11.0 Å². The Labute approximate surface area is 201 Å². The van der Waals surface area contributed by atoms with E-state index in [-0.39, 0.29) is 0 Å². The lowest BCUT2D eigenvalue weighted by atomic mass is 10.1. The first-order valence-electron chi connectivity index (χ1n) is 11.3. The second-order valence-corrected chi connectivity index (χ2v) is 7.80. The lowest BCUT2D eigenvalue weighted by molar-refractivity contribution is 0.660.